The Bertz CT molecular complexity index is 385. The van der Waals surface area contributed by atoms with Crippen molar-refractivity contribution in [3.63, 3.8) is 0 Å². The van der Waals surface area contributed by atoms with Gasteiger partial charge in [0, 0.05) is 19.6 Å². The minimum absolute atomic E-state index is 0.0690. The van der Waals surface area contributed by atoms with E-state index in [1.165, 1.54) is 0 Å². The van der Waals surface area contributed by atoms with E-state index >= 15 is 0 Å². The van der Waals surface area contributed by atoms with Gasteiger partial charge in [-0.1, -0.05) is 30.3 Å². The van der Waals surface area contributed by atoms with E-state index in [1.54, 1.807) is 0 Å². The zero-order valence-electron chi connectivity index (χ0n) is 11.8. The Morgan fingerprint density at radius 2 is 2.16 bits per heavy atom. The SMILES string of the molecule is CN1CCOC(CNC(C)(CO)c2ccccc2)C1. The number of aliphatic hydroxyl groups is 1. The summed E-state index contributed by atoms with van der Waals surface area (Å²) in [5, 5.41) is 13.2. The molecule has 0 amide bonds. The number of morpholine rings is 1. The molecule has 1 aliphatic heterocycles. The first-order valence-electron chi connectivity index (χ1n) is 6.85. The first-order chi connectivity index (χ1) is 9.14. The highest BCUT2D eigenvalue weighted by Gasteiger charge is 2.27. The van der Waals surface area contributed by atoms with Crippen LogP contribution in [0.25, 0.3) is 0 Å². The van der Waals surface area contributed by atoms with E-state index in [0.29, 0.717) is 0 Å². The summed E-state index contributed by atoms with van der Waals surface area (Å²) in [7, 11) is 2.11. The van der Waals surface area contributed by atoms with Gasteiger partial charge in [0.05, 0.1) is 24.9 Å². The van der Waals surface area contributed by atoms with Crippen molar-refractivity contribution >= 4 is 0 Å². The van der Waals surface area contributed by atoms with Crippen molar-refractivity contribution in [3.05, 3.63) is 35.9 Å². The van der Waals surface area contributed by atoms with Crippen molar-refractivity contribution in [1.29, 1.82) is 0 Å². The molecule has 2 unspecified atom stereocenters. The number of benzene rings is 1. The van der Waals surface area contributed by atoms with Gasteiger partial charge in [-0.2, -0.15) is 0 Å². The Labute approximate surface area is 115 Å². The van der Waals surface area contributed by atoms with Crippen LogP contribution in [0.2, 0.25) is 0 Å². The summed E-state index contributed by atoms with van der Waals surface area (Å²) < 4.78 is 5.74. The fourth-order valence-electron chi connectivity index (χ4n) is 2.38. The van der Waals surface area contributed by atoms with Crippen LogP contribution in [0.15, 0.2) is 30.3 Å². The summed E-state index contributed by atoms with van der Waals surface area (Å²) in [5.74, 6) is 0. The van der Waals surface area contributed by atoms with E-state index in [1.807, 2.05) is 37.3 Å². The van der Waals surface area contributed by atoms with Crippen LogP contribution in [0.3, 0.4) is 0 Å². The molecule has 4 nitrogen and oxygen atoms in total. The van der Waals surface area contributed by atoms with Crippen molar-refractivity contribution in [1.82, 2.24) is 10.2 Å². The Hall–Kier alpha value is -0.940. The van der Waals surface area contributed by atoms with Gasteiger partial charge in [0.2, 0.25) is 0 Å². The van der Waals surface area contributed by atoms with Gasteiger partial charge in [-0.05, 0) is 19.5 Å². The highest BCUT2D eigenvalue weighted by molar-refractivity contribution is 5.23. The maximum atomic E-state index is 9.71. The van der Waals surface area contributed by atoms with E-state index in [9.17, 15) is 5.11 Å². The Morgan fingerprint density at radius 1 is 1.42 bits per heavy atom. The lowest BCUT2D eigenvalue weighted by molar-refractivity contribution is -0.0232. The van der Waals surface area contributed by atoms with Crippen LogP contribution in [0.4, 0.5) is 0 Å². The van der Waals surface area contributed by atoms with Crippen LogP contribution >= 0.6 is 0 Å². The van der Waals surface area contributed by atoms with E-state index < -0.39 is 5.54 Å². The number of likely N-dealkylation sites (N-methyl/N-ethyl adjacent to an activating group) is 1. The first kappa shape index (κ1) is 14.5. The number of hydrogen-bond acceptors (Lipinski definition) is 4. The van der Waals surface area contributed by atoms with Gasteiger partial charge in [0.1, 0.15) is 0 Å². The molecule has 0 saturated carbocycles. The molecule has 0 bridgehead atoms. The summed E-state index contributed by atoms with van der Waals surface area (Å²) in [6.45, 7) is 5.55. The Kier molecular flexibility index (Phi) is 4.93. The predicted octanol–water partition coefficient (Wildman–Crippen LogP) is 0.814. The lowest BCUT2D eigenvalue weighted by Gasteiger charge is -2.35. The molecule has 2 rings (SSSR count). The minimum atomic E-state index is -0.416. The van der Waals surface area contributed by atoms with Crippen LogP contribution in [-0.2, 0) is 10.3 Å². The Morgan fingerprint density at radius 3 is 2.79 bits per heavy atom. The molecule has 0 aliphatic carbocycles. The molecule has 19 heavy (non-hydrogen) atoms. The number of nitrogens with zero attached hydrogens (tertiary/aromatic N) is 1. The van der Waals surface area contributed by atoms with Crippen LogP contribution in [0.1, 0.15) is 12.5 Å². The lowest BCUT2D eigenvalue weighted by atomic mass is 9.92. The molecule has 2 atom stereocenters. The summed E-state index contributed by atoms with van der Waals surface area (Å²) in [6.07, 6.45) is 0.188. The third kappa shape index (κ3) is 3.76. The first-order valence-corrected chi connectivity index (χ1v) is 6.85. The molecule has 1 aromatic rings. The third-order valence-electron chi connectivity index (χ3n) is 3.79. The van der Waals surface area contributed by atoms with Crippen LogP contribution in [-0.4, -0.2) is 56.0 Å². The number of aliphatic hydroxyl groups excluding tert-OH is 1. The van der Waals surface area contributed by atoms with E-state index in [-0.39, 0.29) is 12.7 Å². The van der Waals surface area contributed by atoms with Crippen LogP contribution in [0, 0.1) is 0 Å². The number of hydrogen-bond donors (Lipinski definition) is 2. The van der Waals surface area contributed by atoms with Gasteiger partial charge in [-0.25, -0.2) is 0 Å². The molecule has 1 aliphatic rings. The van der Waals surface area contributed by atoms with Crippen LogP contribution < -0.4 is 5.32 Å². The highest BCUT2D eigenvalue weighted by atomic mass is 16.5. The molecule has 4 heteroatoms. The molecule has 1 aromatic carbocycles. The zero-order chi connectivity index (χ0) is 13.7. The van der Waals surface area contributed by atoms with Gasteiger partial charge < -0.3 is 20.1 Å². The second-order valence-corrected chi connectivity index (χ2v) is 5.49. The standard InChI is InChI=1S/C15H24N2O2/c1-15(12-18,13-6-4-3-5-7-13)16-10-14-11-17(2)8-9-19-14/h3-7,14,16,18H,8-12H2,1-2H3. The molecule has 0 spiro atoms. The van der Waals surface area contributed by atoms with Gasteiger partial charge in [0.15, 0.2) is 0 Å². The average molecular weight is 264 g/mol. The van der Waals surface area contributed by atoms with Gasteiger partial charge in [-0.3, -0.25) is 0 Å². The molecular weight excluding hydrogens is 240 g/mol. The summed E-state index contributed by atoms with van der Waals surface area (Å²) in [6, 6.07) is 10.1. The fraction of sp³-hybridized carbons (Fsp3) is 0.600. The van der Waals surface area contributed by atoms with E-state index in [0.717, 1.165) is 31.8 Å². The smallest absolute Gasteiger partial charge is 0.0826 e. The lowest BCUT2D eigenvalue weighted by Crippen LogP contribution is -2.51. The number of ether oxygens (including phenoxy) is 1. The largest absolute Gasteiger partial charge is 0.394 e. The van der Waals surface area contributed by atoms with Crippen molar-refractivity contribution < 1.29 is 9.84 Å². The normalized spacial score (nSPS) is 24.1. The minimum Gasteiger partial charge on any atom is -0.394 e. The topological polar surface area (TPSA) is 44.7 Å². The fourth-order valence-corrected chi connectivity index (χ4v) is 2.38. The molecule has 2 N–H and O–H groups in total. The van der Waals surface area contributed by atoms with Crippen molar-refractivity contribution in [2.45, 2.75) is 18.6 Å². The highest BCUT2D eigenvalue weighted by Crippen LogP contribution is 2.20. The maximum absolute atomic E-state index is 9.71. The van der Waals surface area contributed by atoms with E-state index in [2.05, 4.69) is 17.3 Å². The number of nitrogens with one attached hydrogen (secondary N) is 1. The second kappa shape index (κ2) is 6.48. The molecule has 1 heterocycles. The Balaban J connectivity index is 1.95. The second-order valence-electron chi connectivity index (χ2n) is 5.49. The summed E-state index contributed by atoms with van der Waals surface area (Å²) >= 11 is 0. The molecule has 0 radical (unpaired) electrons. The molecule has 106 valence electrons. The monoisotopic (exact) mass is 264 g/mol. The molecule has 1 saturated heterocycles. The maximum Gasteiger partial charge on any atom is 0.0826 e. The zero-order valence-corrected chi connectivity index (χ0v) is 11.8. The third-order valence-corrected chi connectivity index (χ3v) is 3.79. The average Bonchev–Trinajstić information content (AvgIpc) is 2.46. The summed E-state index contributed by atoms with van der Waals surface area (Å²) in [5.41, 5.74) is 0.683. The summed E-state index contributed by atoms with van der Waals surface area (Å²) in [4.78, 5) is 2.27. The van der Waals surface area contributed by atoms with E-state index in [4.69, 9.17) is 4.74 Å². The van der Waals surface area contributed by atoms with Gasteiger partial charge in [-0.15, -0.1) is 0 Å². The predicted molar refractivity (Wildman–Crippen MR) is 76.1 cm³/mol. The van der Waals surface area contributed by atoms with Crippen LogP contribution in [0.5, 0.6) is 0 Å². The molecular formula is C15H24N2O2. The van der Waals surface area contributed by atoms with Gasteiger partial charge in [0.25, 0.3) is 0 Å². The molecule has 1 fully saturated rings. The van der Waals surface area contributed by atoms with Crippen molar-refractivity contribution in [2.24, 2.45) is 0 Å². The van der Waals surface area contributed by atoms with Crippen molar-refractivity contribution in [3.8, 4) is 0 Å². The van der Waals surface area contributed by atoms with Crippen molar-refractivity contribution in [2.75, 3.05) is 39.9 Å². The number of rotatable bonds is 5. The quantitative estimate of drug-likeness (QED) is 0.826. The van der Waals surface area contributed by atoms with Gasteiger partial charge >= 0.3 is 0 Å². The molecule has 0 aromatic heterocycles.